The molecular formula is C15H21NO3. The summed E-state index contributed by atoms with van der Waals surface area (Å²) in [5, 5.41) is 1.68. The molecule has 3 atom stereocenters. The van der Waals surface area contributed by atoms with Gasteiger partial charge in [0.05, 0.1) is 12.1 Å². The van der Waals surface area contributed by atoms with Crippen molar-refractivity contribution in [2.45, 2.75) is 52.0 Å². The summed E-state index contributed by atoms with van der Waals surface area (Å²) in [4.78, 5) is 16.4. The fraction of sp³-hybridized carbons (Fsp3) is 0.533. The fourth-order valence-electron chi connectivity index (χ4n) is 2.53. The summed E-state index contributed by atoms with van der Waals surface area (Å²) >= 11 is 0. The summed E-state index contributed by atoms with van der Waals surface area (Å²) < 4.78 is 5.97. The fourth-order valence-corrected chi connectivity index (χ4v) is 2.53. The van der Waals surface area contributed by atoms with Gasteiger partial charge in [0.1, 0.15) is 6.23 Å². The maximum Gasteiger partial charge on any atom is 0.322 e. The van der Waals surface area contributed by atoms with Crippen LogP contribution in [0.1, 0.15) is 45.3 Å². The number of hydrogen-bond acceptors (Lipinski definition) is 4. The van der Waals surface area contributed by atoms with Crippen LogP contribution < -0.4 is 0 Å². The van der Waals surface area contributed by atoms with Gasteiger partial charge in [0.15, 0.2) is 0 Å². The van der Waals surface area contributed by atoms with E-state index in [0.29, 0.717) is 0 Å². The predicted molar refractivity (Wildman–Crippen MR) is 72.0 cm³/mol. The molecule has 0 bridgehead atoms. The summed E-state index contributed by atoms with van der Waals surface area (Å²) in [5.41, 5.74) is 1.18. The van der Waals surface area contributed by atoms with Crippen LogP contribution in [0, 0.1) is 0 Å². The van der Waals surface area contributed by atoms with E-state index in [0.717, 1.165) is 12.8 Å². The molecule has 1 aromatic carbocycles. The van der Waals surface area contributed by atoms with E-state index in [2.05, 4.69) is 19.1 Å². The Kier molecular flexibility index (Phi) is 4.56. The van der Waals surface area contributed by atoms with E-state index >= 15 is 0 Å². The third-order valence-corrected chi connectivity index (χ3v) is 3.44. The molecule has 0 aromatic heterocycles. The first-order chi connectivity index (χ1) is 9.11. The highest BCUT2D eigenvalue weighted by atomic mass is 16.7. The second kappa shape index (κ2) is 6.17. The van der Waals surface area contributed by atoms with E-state index in [9.17, 15) is 4.79 Å². The van der Waals surface area contributed by atoms with Crippen LogP contribution in [0.2, 0.25) is 0 Å². The minimum atomic E-state index is -0.299. The molecule has 1 aromatic rings. The molecule has 1 heterocycles. The minimum Gasteiger partial charge on any atom is -0.365 e. The monoisotopic (exact) mass is 263 g/mol. The third-order valence-electron chi connectivity index (χ3n) is 3.44. The van der Waals surface area contributed by atoms with Crippen LogP contribution >= 0.6 is 0 Å². The standard InChI is InChI=1S/C15H21NO3/c1-4-14-10-15(13-8-6-5-7-9-13)18-11(2)16(14)19-12(3)17/h5-9,11,14-15H,4,10H2,1-3H3/t11-,14-,15-/m1/s1. The molecule has 4 heteroatoms. The second-order valence-corrected chi connectivity index (χ2v) is 4.88. The predicted octanol–water partition coefficient (Wildman–Crippen LogP) is 3.05. The molecule has 1 fully saturated rings. The Morgan fingerprint density at radius 1 is 1.42 bits per heavy atom. The first-order valence-corrected chi connectivity index (χ1v) is 6.79. The first-order valence-electron chi connectivity index (χ1n) is 6.79. The molecular weight excluding hydrogens is 242 g/mol. The zero-order valence-corrected chi connectivity index (χ0v) is 11.7. The van der Waals surface area contributed by atoms with Crippen LogP contribution in [0.15, 0.2) is 30.3 Å². The number of hydroxylamine groups is 2. The SMILES string of the molecule is CC[C@@H]1C[C@H](c2ccccc2)O[C@H](C)N1OC(C)=O. The van der Waals surface area contributed by atoms with Crippen LogP contribution in [0.5, 0.6) is 0 Å². The van der Waals surface area contributed by atoms with Gasteiger partial charge in [-0.05, 0) is 25.3 Å². The molecule has 1 aliphatic rings. The Morgan fingerprint density at radius 2 is 2.11 bits per heavy atom. The summed E-state index contributed by atoms with van der Waals surface area (Å²) in [5.74, 6) is -0.299. The highest BCUT2D eigenvalue weighted by Crippen LogP contribution is 2.33. The molecule has 0 amide bonds. The zero-order chi connectivity index (χ0) is 13.8. The molecule has 0 saturated carbocycles. The van der Waals surface area contributed by atoms with Crippen LogP contribution in [0.25, 0.3) is 0 Å². The van der Waals surface area contributed by atoms with Crippen molar-refractivity contribution in [1.82, 2.24) is 5.06 Å². The molecule has 0 radical (unpaired) electrons. The molecule has 2 rings (SSSR count). The summed E-state index contributed by atoms with van der Waals surface area (Å²) in [6.07, 6.45) is 1.59. The molecule has 4 nitrogen and oxygen atoms in total. The van der Waals surface area contributed by atoms with E-state index in [4.69, 9.17) is 9.57 Å². The van der Waals surface area contributed by atoms with Crippen molar-refractivity contribution in [3.05, 3.63) is 35.9 Å². The van der Waals surface area contributed by atoms with Gasteiger partial charge in [0.25, 0.3) is 0 Å². The number of rotatable bonds is 3. The van der Waals surface area contributed by atoms with Crippen molar-refractivity contribution in [2.75, 3.05) is 0 Å². The van der Waals surface area contributed by atoms with Gasteiger partial charge in [-0.3, -0.25) is 4.79 Å². The van der Waals surface area contributed by atoms with Gasteiger partial charge in [0.2, 0.25) is 0 Å². The maximum atomic E-state index is 11.2. The van der Waals surface area contributed by atoms with Gasteiger partial charge in [-0.25, -0.2) is 0 Å². The highest BCUT2D eigenvalue weighted by molar-refractivity contribution is 5.65. The van der Waals surface area contributed by atoms with E-state index < -0.39 is 0 Å². The molecule has 1 saturated heterocycles. The van der Waals surface area contributed by atoms with Crippen LogP contribution in [0.4, 0.5) is 0 Å². The van der Waals surface area contributed by atoms with Gasteiger partial charge < -0.3 is 9.57 Å². The smallest absolute Gasteiger partial charge is 0.322 e. The topological polar surface area (TPSA) is 38.8 Å². The van der Waals surface area contributed by atoms with Crippen molar-refractivity contribution in [3.8, 4) is 0 Å². The Balaban J connectivity index is 2.12. The zero-order valence-electron chi connectivity index (χ0n) is 11.7. The highest BCUT2D eigenvalue weighted by Gasteiger charge is 2.36. The second-order valence-electron chi connectivity index (χ2n) is 4.88. The number of hydrogen-bond donors (Lipinski definition) is 0. The summed E-state index contributed by atoms with van der Waals surface area (Å²) in [6.45, 7) is 5.44. The lowest BCUT2D eigenvalue weighted by molar-refractivity contribution is -0.293. The van der Waals surface area contributed by atoms with Gasteiger partial charge in [0, 0.05) is 6.92 Å². The number of carbonyl (C=O) groups is 1. The van der Waals surface area contributed by atoms with Crippen LogP contribution in [0.3, 0.4) is 0 Å². The Morgan fingerprint density at radius 3 is 2.68 bits per heavy atom. The Bertz CT molecular complexity index is 421. The summed E-state index contributed by atoms with van der Waals surface area (Å²) in [6, 6.07) is 10.4. The van der Waals surface area contributed by atoms with E-state index in [1.165, 1.54) is 12.5 Å². The molecule has 0 N–H and O–H groups in total. The Hall–Kier alpha value is -1.39. The largest absolute Gasteiger partial charge is 0.365 e. The molecule has 0 unspecified atom stereocenters. The van der Waals surface area contributed by atoms with Crippen molar-refractivity contribution < 1.29 is 14.4 Å². The van der Waals surface area contributed by atoms with Crippen LogP contribution in [-0.2, 0) is 14.4 Å². The average molecular weight is 263 g/mol. The third kappa shape index (κ3) is 3.33. The lowest BCUT2D eigenvalue weighted by Gasteiger charge is -2.41. The number of benzene rings is 1. The molecule has 0 aliphatic carbocycles. The minimum absolute atomic E-state index is 0.0629. The van der Waals surface area contributed by atoms with Crippen molar-refractivity contribution in [3.63, 3.8) is 0 Å². The van der Waals surface area contributed by atoms with Gasteiger partial charge in [-0.1, -0.05) is 37.3 Å². The summed E-state index contributed by atoms with van der Waals surface area (Å²) in [7, 11) is 0. The van der Waals surface area contributed by atoms with Crippen molar-refractivity contribution in [2.24, 2.45) is 0 Å². The van der Waals surface area contributed by atoms with Gasteiger partial charge >= 0.3 is 5.97 Å². The molecule has 1 aliphatic heterocycles. The lowest BCUT2D eigenvalue weighted by Crippen LogP contribution is -2.49. The quantitative estimate of drug-likeness (QED) is 0.840. The van der Waals surface area contributed by atoms with E-state index in [1.807, 2.05) is 25.1 Å². The van der Waals surface area contributed by atoms with Gasteiger partial charge in [-0.2, -0.15) is 0 Å². The Labute approximate surface area is 114 Å². The molecule has 0 spiro atoms. The van der Waals surface area contributed by atoms with Crippen LogP contribution in [-0.4, -0.2) is 23.3 Å². The van der Waals surface area contributed by atoms with Crippen molar-refractivity contribution >= 4 is 5.97 Å². The van der Waals surface area contributed by atoms with Crippen molar-refractivity contribution in [1.29, 1.82) is 0 Å². The normalized spacial score (nSPS) is 28.1. The number of ether oxygens (including phenoxy) is 1. The van der Waals surface area contributed by atoms with E-state index in [-0.39, 0.29) is 24.3 Å². The molecule has 104 valence electrons. The average Bonchev–Trinajstić information content (AvgIpc) is 2.41. The van der Waals surface area contributed by atoms with Gasteiger partial charge in [-0.15, -0.1) is 5.06 Å². The lowest BCUT2D eigenvalue weighted by atomic mass is 9.98. The van der Waals surface area contributed by atoms with E-state index in [1.54, 1.807) is 5.06 Å². The maximum absolute atomic E-state index is 11.2. The number of nitrogens with zero attached hydrogens (tertiary/aromatic N) is 1. The molecule has 19 heavy (non-hydrogen) atoms. The number of carbonyl (C=O) groups excluding carboxylic acids is 1. The first kappa shape index (κ1) is 14.0.